The van der Waals surface area contributed by atoms with Gasteiger partial charge in [0.2, 0.25) is 5.95 Å². The quantitative estimate of drug-likeness (QED) is 0.600. The molecule has 1 aliphatic heterocycles. The fraction of sp³-hybridized carbons (Fsp3) is 0.400. The van der Waals surface area contributed by atoms with Crippen molar-refractivity contribution in [2.75, 3.05) is 30.7 Å². The number of nitrogens with one attached hydrogen (secondary N) is 1. The summed E-state index contributed by atoms with van der Waals surface area (Å²) in [6, 6.07) is 2.14. The van der Waals surface area contributed by atoms with Gasteiger partial charge in [-0.2, -0.15) is 5.26 Å². The Bertz CT molecular complexity index is 957. The number of carboxylic acid groups (broad SMARTS) is 1. The average molecular weight is 427 g/mol. The maximum Gasteiger partial charge on any atom is 0.410 e. The smallest absolute Gasteiger partial charge is 0.410 e. The normalized spacial score (nSPS) is 12.0. The molecule has 0 atom stereocenters. The van der Waals surface area contributed by atoms with E-state index in [1.54, 1.807) is 24.2 Å². The van der Waals surface area contributed by atoms with E-state index in [2.05, 4.69) is 33.3 Å². The first kappa shape index (κ1) is 23.3. The average Bonchev–Trinajstić information content (AvgIpc) is 2.77. The number of fused-ring (bicyclic) bond motifs is 1. The van der Waals surface area contributed by atoms with Crippen molar-refractivity contribution in [3.05, 3.63) is 29.2 Å². The number of amides is 1. The maximum absolute atomic E-state index is 12.2. The van der Waals surface area contributed by atoms with Gasteiger partial charge in [0, 0.05) is 48.6 Å². The van der Waals surface area contributed by atoms with Crippen molar-refractivity contribution in [2.45, 2.75) is 33.2 Å². The van der Waals surface area contributed by atoms with Crippen molar-refractivity contribution >= 4 is 24.3 Å². The van der Waals surface area contributed by atoms with Gasteiger partial charge in [0.25, 0.3) is 6.47 Å². The van der Waals surface area contributed by atoms with Crippen molar-refractivity contribution in [1.82, 2.24) is 19.9 Å². The summed E-state index contributed by atoms with van der Waals surface area (Å²) in [5.41, 5.74) is 9.15. The molecule has 1 aliphatic rings. The Hall–Kier alpha value is -3.94. The van der Waals surface area contributed by atoms with Gasteiger partial charge in [-0.25, -0.2) is 19.7 Å². The number of nitrogen functional groups attached to an aromatic ring is 1. The van der Waals surface area contributed by atoms with E-state index in [9.17, 15) is 10.1 Å². The molecule has 2 aromatic rings. The fourth-order valence-corrected chi connectivity index (χ4v) is 3.17. The molecule has 3 heterocycles. The van der Waals surface area contributed by atoms with E-state index >= 15 is 0 Å². The minimum atomic E-state index is -0.384. The lowest BCUT2D eigenvalue weighted by Gasteiger charge is -2.29. The lowest BCUT2D eigenvalue weighted by atomic mass is 9.92. The van der Waals surface area contributed by atoms with Crippen molar-refractivity contribution in [2.24, 2.45) is 0 Å². The van der Waals surface area contributed by atoms with Crippen LogP contribution >= 0.6 is 0 Å². The number of nitrogens with zero attached hydrogens (tertiary/aromatic N) is 5. The second-order valence-electron chi connectivity index (χ2n) is 6.48. The van der Waals surface area contributed by atoms with Gasteiger partial charge in [-0.15, -0.1) is 0 Å². The summed E-state index contributed by atoms with van der Waals surface area (Å²) in [6.07, 6.45) is 4.43. The Balaban J connectivity index is 0.00000107. The highest BCUT2D eigenvalue weighted by Gasteiger charge is 2.28. The molecule has 0 saturated heterocycles. The first-order valence-corrected chi connectivity index (χ1v) is 9.77. The third-order valence-corrected chi connectivity index (χ3v) is 4.49. The molecular weight excluding hydrogens is 402 g/mol. The first-order chi connectivity index (χ1) is 15.0. The van der Waals surface area contributed by atoms with Crippen LogP contribution in [0.3, 0.4) is 0 Å². The summed E-state index contributed by atoms with van der Waals surface area (Å²) in [7, 11) is 0. The second kappa shape index (κ2) is 11.3. The van der Waals surface area contributed by atoms with Crippen LogP contribution in [0.4, 0.5) is 16.6 Å². The van der Waals surface area contributed by atoms with Crippen LogP contribution in [0, 0.1) is 11.3 Å². The molecule has 0 aliphatic carbocycles. The number of ether oxygens (including phenoxy) is 1. The van der Waals surface area contributed by atoms with Gasteiger partial charge >= 0.3 is 6.09 Å². The van der Waals surface area contributed by atoms with Crippen molar-refractivity contribution < 1.29 is 19.4 Å². The van der Waals surface area contributed by atoms with Crippen LogP contribution in [0.5, 0.6) is 0 Å². The molecule has 164 valence electrons. The third-order valence-electron chi connectivity index (χ3n) is 4.49. The Morgan fingerprint density at radius 2 is 2.10 bits per heavy atom. The number of nitriles is 1. The second-order valence-corrected chi connectivity index (χ2v) is 6.48. The molecule has 2 aromatic heterocycles. The number of anilines is 2. The van der Waals surface area contributed by atoms with Crippen LogP contribution in [0.15, 0.2) is 12.4 Å². The van der Waals surface area contributed by atoms with E-state index in [1.807, 2.05) is 0 Å². The summed E-state index contributed by atoms with van der Waals surface area (Å²) in [5, 5.41) is 19.7. The van der Waals surface area contributed by atoms with Crippen LogP contribution in [0.1, 0.15) is 37.1 Å². The molecule has 0 bridgehead atoms. The number of rotatable bonds is 5. The standard InChI is InChI=1S/C19H23N7O2.CH2O2/c1-3-6-22-18-23-9-12(10-24-18)16-13(8-20)17(21)25-15-5-7-26(11-14(15)16)19(27)28-4-2;2-1-3/h9-10H,3-7,11H2,1-2H3,(H2,21,25)(H,22,23,24);1H,(H,2,3). The molecule has 11 nitrogen and oxygen atoms in total. The topological polar surface area (TPSA) is 167 Å². The fourth-order valence-electron chi connectivity index (χ4n) is 3.17. The summed E-state index contributed by atoms with van der Waals surface area (Å²) < 4.78 is 5.12. The van der Waals surface area contributed by atoms with Crippen LogP contribution in [-0.4, -0.2) is 57.2 Å². The predicted octanol–water partition coefficient (Wildman–Crippen LogP) is 2.03. The Kier molecular flexibility index (Phi) is 8.51. The number of pyridine rings is 1. The highest BCUT2D eigenvalue weighted by molar-refractivity contribution is 5.79. The lowest BCUT2D eigenvalue weighted by Crippen LogP contribution is -2.37. The highest BCUT2D eigenvalue weighted by Crippen LogP contribution is 2.34. The molecule has 0 fully saturated rings. The van der Waals surface area contributed by atoms with E-state index in [-0.39, 0.29) is 23.9 Å². The Morgan fingerprint density at radius 3 is 2.68 bits per heavy atom. The van der Waals surface area contributed by atoms with E-state index in [0.717, 1.165) is 24.2 Å². The van der Waals surface area contributed by atoms with E-state index < -0.39 is 0 Å². The number of hydrogen-bond donors (Lipinski definition) is 3. The summed E-state index contributed by atoms with van der Waals surface area (Å²) in [5.74, 6) is 0.696. The summed E-state index contributed by atoms with van der Waals surface area (Å²) >= 11 is 0. The predicted molar refractivity (Wildman–Crippen MR) is 113 cm³/mol. The first-order valence-electron chi connectivity index (χ1n) is 9.77. The molecule has 0 radical (unpaired) electrons. The van der Waals surface area contributed by atoms with Gasteiger partial charge in [0.05, 0.1) is 18.8 Å². The number of aromatic nitrogens is 3. The zero-order valence-electron chi connectivity index (χ0n) is 17.5. The van der Waals surface area contributed by atoms with E-state index in [4.69, 9.17) is 20.4 Å². The number of nitrogens with two attached hydrogens (primary N) is 1. The molecule has 0 saturated carbocycles. The number of carbonyl (C=O) groups is 2. The maximum atomic E-state index is 12.2. The minimum Gasteiger partial charge on any atom is -0.483 e. The molecule has 1 amide bonds. The molecule has 4 N–H and O–H groups in total. The van der Waals surface area contributed by atoms with Crippen molar-refractivity contribution in [3.63, 3.8) is 0 Å². The number of hydrogen-bond acceptors (Lipinski definition) is 9. The zero-order chi connectivity index (χ0) is 22.8. The summed E-state index contributed by atoms with van der Waals surface area (Å²) in [4.78, 5) is 35.2. The molecule has 0 aromatic carbocycles. The van der Waals surface area contributed by atoms with Crippen LogP contribution in [0.2, 0.25) is 0 Å². The number of carbonyl (C=O) groups excluding carboxylic acids is 1. The van der Waals surface area contributed by atoms with Crippen LogP contribution in [-0.2, 0) is 22.5 Å². The van der Waals surface area contributed by atoms with Gasteiger partial charge < -0.3 is 25.8 Å². The zero-order valence-corrected chi connectivity index (χ0v) is 17.5. The highest BCUT2D eigenvalue weighted by atomic mass is 16.6. The monoisotopic (exact) mass is 427 g/mol. The van der Waals surface area contributed by atoms with Gasteiger partial charge in [-0.3, -0.25) is 4.79 Å². The largest absolute Gasteiger partial charge is 0.483 e. The van der Waals surface area contributed by atoms with Gasteiger partial charge in [0.15, 0.2) is 0 Å². The molecule has 0 spiro atoms. The van der Waals surface area contributed by atoms with Crippen LogP contribution in [0.25, 0.3) is 11.1 Å². The molecular formula is C20H25N7O4. The molecule has 3 rings (SSSR count). The Labute approximate surface area is 179 Å². The lowest BCUT2D eigenvalue weighted by molar-refractivity contribution is -0.122. The molecule has 31 heavy (non-hydrogen) atoms. The van der Waals surface area contributed by atoms with E-state index in [0.29, 0.717) is 43.2 Å². The molecule has 0 unspecified atom stereocenters. The SMILES string of the molecule is CCCNc1ncc(-c2c(C#N)c(N)nc3c2CN(C(=O)OCC)CC3)cn1.O=CO. The minimum absolute atomic E-state index is 0.175. The van der Waals surface area contributed by atoms with Crippen molar-refractivity contribution in [3.8, 4) is 17.2 Å². The van der Waals surface area contributed by atoms with Crippen LogP contribution < -0.4 is 11.1 Å². The third kappa shape index (κ3) is 5.57. The summed E-state index contributed by atoms with van der Waals surface area (Å²) in [6.45, 7) is 5.43. The Morgan fingerprint density at radius 1 is 1.42 bits per heavy atom. The van der Waals surface area contributed by atoms with E-state index in [1.165, 1.54) is 0 Å². The van der Waals surface area contributed by atoms with Gasteiger partial charge in [-0.05, 0) is 13.3 Å². The van der Waals surface area contributed by atoms with Gasteiger partial charge in [0.1, 0.15) is 17.5 Å². The molecule has 11 heteroatoms. The van der Waals surface area contributed by atoms with Crippen molar-refractivity contribution in [1.29, 1.82) is 5.26 Å². The van der Waals surface area contributed by atoms with Gasteiger partial charge in [-0.1, -0.05) is 6.92 Å².